The third kappa shape index (κ3) is 2.45. The third-order valence-electron chi connectivity index (χ3n) is 2.45. The first kappa shape index (κ1) is 12.8. The molecule has 1 aromatic rings. The molecule has 0 saturated heterocycles. The minimum atomic E-state index is -0.533. The number of carbonyl (C=O) groups excluding carboxylic acids is 1. The molecule has 0 aliphatic heterocycles. The Bertz CT molecular complexity index is 485. The number of hydrogen-bond donors (Lipinski definition) is 0. The number of aromatic nitrogens is 1. The van der Waals surface area contributed by atoms with Gasteiger partial charge in [0.2, 0.25) is 0 Å². The van der Waals surface area contributed by atoms with Crippen LogP contribution in [0.2, 0.25) is 0 Å². The van der Waals surface area contributed by atoms with Crippen molar-refractivity contribution in [3.8, 4) is 12.3 Å². The van der Waals surface area contributed by atoms with Gasteiger partial charge in [0.15, 0.2) is 5.69 Å². The van der Waals surface area contributed by atoms with Crippen molar-refractivity contribution in [2.24, 2.45) is 7.05 Å². The van der Waals surface area contributed by atoms with Gasteiger partial charge in [-0.25, -0.2) is 4.57 Å². The zero-order chi connectivity index (χ0) is 13.0. The van der Waals surface area contributed by atoms with Crippen LogP contribution >= 0.6 is 0 Å². The number of amides is 1. The lowest BCUT2D eigenvalue weighted by atomic mass is 10.3. The van der Waals surface area contributed by atoms with Crippen molar-refractivity contribution in [1.82, 2.24) is 9.47 Å². The maximum atomic E-state index is 12.0. The van der Waals surface area contributed by atoms with E-state index in [0.717, 1.165) is 0 Å². The normalized spacial score (nSPS) is 9.71. The molecular formula is C11H13N3O3. The maximum Gasteiger partial charge on any atom is 0.323 e. The van der Waals surface area contributed by atoms with Crippen LogP contribution in [0, 0.1) is 22.5 Å². The van der Waals surface area contributed by atoms with Gasteiger partial charge in [-0.05, 0) is 17.9 Å². The Morgan fingerprint density at radius 2 is 2.29 bits per heavy atom. The molecule has 0 unspecified atom stereocenters. The predicted octanol–water partition coefficient (Wildman–Crippen LogP) is 1.03. The molecule has 1 amide bonds. The van der Waals surface area contributed by atoms with Crippen LogP contribution in [-0.4, -0.2) is 33.4 Å². The summed E-state index contributed by atoms with van der Waals surface area (Å²) in [4.78, 5) is 23.6. The molecule has 0 atom stereocenters. The van der Waals surface area contributed by atoms with Gasteiger partial charge in [-0.3, -0.25) is 4.79 Å². The molecule has 17 heavy (non-hydrogen) atoms. The zero-order valence-corrected chi connectivity index (χ0v) is 9.71. The second-order valence-corrected chi connectivity index (χ2v) is 3.42. The van der Waals surface area contributed by atoms with Crippen LogP contribution in [0.4, 0.5) is 5.82 Å². The molecule has 90 valence electrons. The second-order valence-electron chi connectivity index (χ2n) is 3.42. The molecule has 0 aliphatic rings. The minimum absolute atomic E-state index is 0.120. The number of carbonyl (C=O) groups is 1. The summed E-state index contributed by atoms with van der Waals surface area (Å²) in [5, 5.41) is 10.7. The smallest absolute Gasteiger partial charge is 0.323 e. The Hall–Kier alpha value is -2.29. The van der Waals surface area contributed by atoms with Crippen molar-refractivity contribution >= 4 is 11.7 Å². The van der Waals surface area contributed by atoms with Gasteiger partial charge in [0.05, 0.1) is 13.6 Å². The quantitative estimate of drug-likeness (QED) is 0.444. The van der Waals surface area contributed by atoms with Crippen LogP contribution in [0.3, 0.4) is 0 Å². The van der Waals surface area contributed by atoms with E-state index in [9.17, 15) is 14.9 Å². The van der Waals surface area contributed by atoms with E-state index in [1.165, 1.54) is 28.6 Å². The molecule has 1 rings (SSSR count). The SMILES string of the molecule is C#CCN(CC)C(=O)c1ccc([N+](=O)[O-])n1C. The number of terminal acetylenes is 1. The first-order valence-electron chi connectivity index (χ1n) is 5.05. The molecule has 0 aliphatic carbocycles. The fourth-order valence-corrected chi connectivity index (χ4v) is 1.50. The Kier molecular flexibility index (Phi) is 3.88. The summed E-state index contributed by atoms with van der Waals surface area (Å²) < 4.78 is 1.25. The van der Waals surface area contributed by atoms with E-state index in [1.807, 2.05) is 0 Å². The van der Waals surface area contributed by atoms with Crippen LogP contribution in [0.5, 0.6) is 0 Å². The van der Waals surface area contributed by atoms with Gasteiger partial charge in [-0.2, -0.15) is 0 Å². The summed E-state index contributed by atoms with van der Waals surface area (Å²) in [5.41, 5.74) is 0.258. The topological polar surface area (TPSA) is 68.4 Å². The molecule has 1 aromatic heterocycles. The lowest BCUT2D eigenvalue weighted by Crippen LogP contribution is -2.32. The van der Waals surface area contributed by atoms with E-state index < -0.39 is 4.92 Å². The molecule has 0 bridgehead atoms. The summed E-state index contributed by atoms with van der Waals surface area (Å²) in [6, 6.07) is 2.73. The fourth-order valence-electron chi connectivity index (χ4n) is 1.50. The van der Waals surface area contributed by atoms with E-state index in [2.05, 4.69) is 5.92 Å². The van der Waals surface area contributed by atoms with Crippen LogP contribution < -0.4 is 0 Å². The minimum Gasteiger partial charge on any atom is -0.358 e. The highest BCUT2D eigenvalue weighted by Gasteiger charge is 2.23. The molecule has 0 aromatic carbocycles. The summed E-state index contributed by atoms with van der Waals surface area (Å²) in [7, 11) is 1.48. The van der Waals surface area contributed by atoms with Crippen molar-refractivity contribution in [3.05, 3.63) is 27.9 Å². The summed E-state index contributed by atoms with van der Waals surface area (Å²) >= 11 is 0. The average Bonchev–Trinajstić information content (AvgIpc) is 2.67. The fraction of sp³-hybridized carbons (Fsp3) is 0.364. The molecular weight excluding hydrogens is 222 g/mol. The zero-order valence-electron chi connectivity index (χ0n) is 9.71. The van der Waals surface area contributed by atoms with E-state index in [4.69, 9.17) is 6.42 Å². The van der Waals surface area contributed by atoms with Crippen LogP contribution in [0.15, 0.2) is 12.1 Å². The molecule has 0 fully saturated rings. The molecule has 0 N–H and O–H groups in total. The van der Waals surface area contributed by atoms with E-state index in [1.54, 1.807) is 6.92 Å². The van der Waals surface area contributed by atoms with Crippen molar-refractivity contribution in [2.45, 2.75) is 6.92 Å². The van der Waals surface area contributed by atoms with Gasteiger partial charge in [0.1, 0.15) is 0 Å². The van der Waals surface area contributed by atoms with Gasteiger partial charge in [0, 0.05) is 12.6 Å². The Morgan fingerprint density at radius 3 is 2.71 bits per heavy atom. The first-order valence-corrected chi connectivity index (χ1v) is 5.05. The highest BCUT2D eigenvalue weighted by Crippen LogP contribution is 2.16. The monoisotopic (exact) mass is 235 g/mol. The Morgan fingerprint density at radius 1 is 1.65 bits per heavy atom. The highest BCUT2D eigenvalue weighted by molar-refractivity contribution is 5.93. The standard InChI is InChI=1S/C11H13N3O3/c1-4-8-13(5-2)11(15)9-6-7-10(12(9)3)14(16)17/h1,6-7H,5,8H2,2-3H3. The molecule has 0 spiro atoms. The highest BCUT2D eigenvalue weighted by atomic mass is 16.6. The number of hydrogen-bond acceptors (Lipinski definition) is 3. The lowest BCUT2D eigenvalue weighted by molar-refractivity contribution is -0.391. The third-order valence-corrected chi connectivity index (χ3v) is 2.45. The van der Waals surface area contributed by atoms with Gasteiger partial charge >= 0.3 is 5.82 Å². The summed E-state index contributed by atoms with van der Waals surface area (Å²) in [6.45, 7) is 2.45. The van der Waals surface area contributed by atoms with Crippen molar-refractivity contribution in [1.29, 1.82) is 0 Å². The summed E-state index contributed by atoms with van der Waals surface area (Å²) in [6.07, 6.45) is 5.15. The molecule has 1 heterocycles. The van der Waals surface area contributed by atoms with Gasteiger partial charge in [0.25, 0.3) is 5.91 Å². The van der Waals surface area contributed by atoms with Crippen LogP contribution in [0.1, 0.15) is 17.4 Å². The van der Waals surface area contributed by atoms with E-state index >= 15 is 0 Å². The lowest BCUT2D eigenvalue weighted by Gasteiger charge is -2.16. The number of rotatable bonds is 4. The maximum absolute atomic E-state index is 12.0. The average molecular weight is 235 g/mol. The Balaban J connectivity index is 3.05. The van der Waals surface area contributed by atoms with Crippen LogP contribution in [-0.2, 0) is 7.05 Å². The number of nitrogens with zero attached hydrogens (tertiary/aromatic N) is 3. The van der Waals surface area contributed by atoms with Crippen molar-refractivity contribution < 1.29 is 9.72 Å². The van der Waals surface area contributed by atoms with Crippen LogP contribution in [0.25, 0.3) is 0 Å². The van der Waals surface area contributed by atoms with Crippen molar-refractivity contribution in [3.63, 3.8) is 0 Å². The molecule has 6 nitrogen and oxygen atoms in total. The molecule has 0 radical (unpaired) electrons. The van der Waals surface area contributed by atoms with Gasteiger partial charge in [-0.15, -0.1) is 6.42 Å². The molecule has 6 heteroatoms. The van der Waals surface area contributed by atoms with Gasteiger partial charge < -0.3 is 15.0 Å². The van der Waals surface area contributed by atoms with Gasteiger partial charge in [-0.1, -0.05) is 5.92 Å². The Labute approximate surface area is 99.0 Å². The first-order chi connectivity index (χ1) is 8.02. The largest absolute Gasteiger partial charge is 0.358 e. The van der Waals surface area contributed by atoms with Crippen molar-refractivity contribution in [2.75, 3.05) is 13.1 Å². The van der Waals surface area contributed by atoms with E-state index in [-0.39, 0.29) is 24.0 Å². The summed E-state index contributed by atoms with van der Waals surface area (Å²) in [5.74, 6) is 1.96. The van der Waals surface area contributed by atoms with E-state index in [0.29, 0.717) is 6.54 Å². The second kappa shape index (κ2) is 5.16. The predicted molar refractivity (Wildman–Crippen MR) is 62.5 cm³/mol. The number of nitro groups is 1. The molecule has 0 saturated carbocycles.